The lowest BCUT2D eigenvalue weighted by molar-refractivity contribution is -0.136. The van der Waals surface area contributed by atoms with Crippen molar-refractivity contribution in [3.05, 3.63) is 56.3 Å². The van der Waals surface area contributed by atoms with E-state index in [2.05, 4.69) is 5.32 Å². The summed E-state index contributed by atoms with van der Waals surface area (Å²) in [5, 5.41) is 2.59. The number of hydrogen-bond donors (Lipinski definition) is 1. The standard InChI is InChI=1S/C21H18F3NO6S/c1-4-29-20(28)18-10(2)11(3)32-19(18)25-16(26)9-30-12-5-6-13-14(21(22,23)24)8-17(27)31-15(13)7-12/h5-8H,4,9H2,1-3H3,(H,25,26). The van der Waals surface area contributed by atoms with Crippen LogP contribution in [0.2, 0.25) is 0 Å². The quantitative estimate of drug-likeness (QED) is 0.416. The summed E-state index contributed by atoms with van der Waals surface area (Å²) in [6.45, 7) is 4.89. The fourth-order valence-electron chi connectivity index (χ4n) is 2.94. The predicted octanol–water partition coefficient (Wildman–Crippen LogP) is 4.68. The van der Waals surface area contributed by atoms with Crippen LogP contribution in [0, 0.1) is 13.8 Å². The summed E-state index contributed by atoms with van der Waals surface area (Å²) >= 11 is 1.21. The molecule has 1 amide bonds. The number of anilines is 1. The zero-order valence-electron chi connectivity index (χ0n) is 17.2. The summed E-state index contributed by atoms with van der Waals surface area (Å²) in [5.41, 5.74) is -1.65. The van der Waals surface area contributed by atoms with E-state index in [-0.39, 0.29) is 28.9 Å². The van der Waals surface area contributed by atoms with Gasteiger partial charge in [0.2, 0.25) is 0 Å². The third kappa shape index (κ3) is 4.93. The van der Waals surface area contributed by atoms with Gasteiger partial charge < -0.3 is 19.2 Å². The van der Waals surface area contributed by atoms with Crippen LogP contribution in [0.4, 0.5) is 18.2 Å². The Bertz CT molecular complexity index is 1240. The minimum absolute atomic E-state index is 0.0271. The van der Waals surface area contributed by atoms with E-state index in [1.165, 1.54) is 17.4 Å². The lowest BCUT2D eigenvalue weighted by Crippen LogP contribution is -2.21. The maximum absolute atomic E-state index is 13.1. The van der Waals surface area contributed by atoms with Gasteiger partial charge in [0.25, 0.3) is 5.91 Å². The first-order valence-electron chi connectivity index (χ1n) is 9.36. The summed E-state index contributed by atoms with van der Waals surface area (Å²) in [6.07, 6.45) is -4.73. The number of fused-ring (bicyclic) bond motifs is 1. The van der Waals surface area contributed by atoms with Crippen molar-refractivity contribution in [3.63, 3.8) is 0 Å². The van der Waals surface area contributed by atoms with E-state index in [0.29, 0.717) is 16.6 Å². The topological polar surface area (TPSA) is 94.8 Å². The molecule has 0 radical (unpaired) electrons. The molecular formula is C21H18F3NO6S. The average Bonchev–Trinajstić information content (AvgIpc) is 2.98. The smallest absolute Gasteiger partial charge is 0.417 e. The van der Waals surface area contributed by atoms with Gasteiger partial charge in [-0.1, -0.05) is 0 Å². The highest BCUT2D eigenvalue weighted by atomic mass is 32.1. The highest BCUT2D eigenvalue weighted by Crippen LogP contribution is 2.35. The summed E-state index contributed by atoms with van der Waals surface area (Å²) in [6, 6.07) is 3.80. The van der Waals surface area contributed by atoms with Gasteiger partial charge in [-0.15, -0.1) is 11.3 Å². The number of aryl methyl sites for hydroxylation is 1. The number of thiophene rings is 1. The van der Waals surface area contributed by atoms with Crippen LogP contribution in [0.5, 0.6) is 5.75 Å². The monoisotopic (exact) mass is 469 g/mol. The molecule has 0 aliphatic rings. The van der Waals surface area contributed by atoms with Crippen molar-refractivity contribution >= 4 is 39.2 Å². The Morgan fingerprint density at radius 2 is 1.91 bits per heavy atom. The average molecular weight is 469 g/mol. The Kier molecular flexibility index (Phi) is 6.58. The number of halogens is 3. The molecule has 0 atom stereocenters. The van der Waals surface area contributed by atoms with Crippen LogP contribution >= 0.6 is 11.3 Å². The molecule has 11 heteroatoms. The maximum Gasteiger partial charge on any atom is 0.417 e. The first kappa shape index (κ1) is 23.3. The number of ether oxygens (including phenoxy) is 2. The zero-order chi connectivity index (χ0) is 23.6. The lowest BCUT2D eigenvalue weighted by atomic mass is 10.1. The van der Waals surface area contributed by atoms with E-state index in [1.807, 2.05) is 0 Å². The van der Waals surface area contributed by atoms with Gasteiger partial charge in [-0.3, -0.25) is 4.79 Å². The largest absolute Gasteiger partial charge is 0.484 e. The third-order valence-corrected chi connectivity index (χ3v) is 5.63. The summed E-state index contributed by atoms with van der Waals surface area (Å²) < 4.78 is 54.6. The molecule has 0 spiro atoms. The summed E-state index contributed by atoms with van der Waals surface area (Å²) in [5.74, 6) is -1.13. The Hall–Kier alpha value is -3.34. The number of carbonyl (C=O) groups excluding carboxylic acids is 2. The fourth-order valence-corrected chi connectivity index (χ4v) is 4.01. The molecule has 1 N–H and O–H groups in total. The Labute approximate surface area is 183 Å². The SMILES string of the molecule is CCOC(=O)c1c(NC(=O)COc2ccc3c(C(F)(F)F)cc(=O)oc3c2)sc(C)c1C. The number of carbonyl (C=O) groups is 2. The third-order valence-electron chi connectivity index (χ3n) is 4.51. The van der Waals surface area contributed by atoms with E-state index in [4.69, 9.17) is 13.9 Å². The molecule has 0 fully saturated rings. The van der Waals surface area contributed by atoms with Gasteiger partial charge in [-0.2, -0.15) is 13.2 Å². The molecule has 170 valence electrons. The van der Waals surface area contributed by atoms with Crippen molar-refractivity contribution < 1.29 is 36.7 Å². The minimum Gasteiger partial charge on any atom is -0.484 e. The van der Waals surface area contributed by atoms with Gasteiger partial charge in [0.05, 0.1) is 17.7 Å². The molecule has 0 saturated carbocycles. The lowest BCUT2D eigenvalue weighted by Gasteiger charge is -2.11. The number of alkyl halides is 3. The molecule has 1 aromatic carbocycles. The van der Waals surface area contributed by atoms with Crippen molar-refractivity contribution in [2.24, 2.45) is 0 Å². The van der Waals surface area contributed by atoms with Crippen LogP contribution in [0.15, 0.2) is 33.5 Å². The first-order chi connectivity index (χ1) is 15.0. The number of esters is 1. The van der Waals surface area contributed by atoms with Crippen LogP contribution in [-0.2, 0) is 15.7 Å². The Morgan fingerprint density at radius 1 is 1.19 bits per heavy atom. The second kappa shape index (κ2) is 9.03. The van der Waals surface area contributed by atoms with Gasteiger partial charge in [0.15, 0.2) is 6.61 Å². The normalized spacial score (nSPS) is 11.4. The molecule has 0 saturated heterocycles. The number of amides is 1. The van der Waals surface area contributed by atoms with Crippen molar-refractivity contribution in [2.45, 2.75) is 26.9 Å². The Balaban J connectivity index is 1.77. The molecule has 0 unspecified atom stereocenters. The van der Waals surface area contributed by atoms with Gasteiger partial charge in [0, 0.05) is 22.4 Å². The molecule has 0 bridgehead atoms. The molecule has 3 rings (SSSR count). The van der Waals surface area contributed by atoms with E-state index in [1.54, 1.807) is 20.8 Å². The van der Waals surface area contributed by atoms with Crippen LogP contribution in [0.3, 0.4) is 0 Å². The Morgan fingerprint density at radius 3 is 2.56 bits per heavy atom. The first-order valence-corrected chi connectivity index (χ1v) is 10.2. The van der Waals surface area contributed by atoms with Crippen molar-refractivity contribution in [1.82, 2.24) is 0 Å². The van der Waals surface area contributed by atoms with Crippen molar-refractivity contribution in [1.29, 1.82) is 0 Å². The molecule has 3 aromatic rings. The van der Waals surface area contributed by atoms with E-state index < -0.39 is 35.8 Å². The van der Waals surface area contributed by atoms with Crippen LogP contribution in [-0.4, -0.2) is 25.1 Å². The maximum atomic E-state index is 13.1. The predicted molar refractivity (Wildman–Crippen MR) is 111 cm³/mol. The van der Waals surface area contributed by atoms with E-state index in [9.17, 15) is 27.6 Å². The van der Waals surface area contributed by atoms with E-state index >= 15 is 0 Å². The number of rotatable bonds is 6. The molecule has 32 heavy (non-hydrogen) atoms. The summed E-state index contributed by atoms with van der Waals surface area (Å²) in [7, 11) is 0. The fraction of sp³-hybridized carbons (Fsp3) is 0.286. The molecule has 7 nitrogen and oxygen atoms in total. The second-order valence-corrected chi connectivity index (χ2v) is 7.90. The zero-order valence-corrected chi connectivity index (χ0v) is 18.0. The minimum atomic E-state index is -4.73. The number of benzene rings is 1. The summed E-state index contributed by atoms with van der Waals surface area (Å²) in [4.78, 5) is 36.8. The molecule has 2 aromatic heterocycles. The molecule has 2 heterocycles. The van der Waals surface area contributed by atoms with Crippen LogP contribution in [0.25, 0.3) is 11.0 Å². The highest BCUT2D eigenvalue weighted by molar-refractivity contribution is 7.16. The van der Waals surface area contributed by atoms with Crippen molar-refractivity contribution in [3.8, 4) is 5.75 Å². The molecule has 0 aliphatic heterocycles. The number of nitrogens with one attached hydrogen (secondary N) is 1. The van der Waals surface area contributed by atoms with Gasteiger partial charge >= 0.3 is 17.8 Å². The number of hydrogen-bond acceptors (Lipinski definition) is 7. The van der Waals surface area contributed by atoms with Crippen LogP contribution < -0.4 is 15.7 Å². The molecular weight excluding hydrogens is 451 g/mol. The second-order valence-electron chi connectivity index (χ2n) is 6.68. The van der Waals surface area contributed by atoms with Gasteiger partial charge in [0.1, 0.15) is 16.3 Å². The van der Waals surface area contributed by atoms with Crippen molar-refractivity contribution in [2.75, 3.05) is 18.5 Å². The molecule has 0 aliphatic carbocycles. The van der Waals surface area contributed by atoms with Gasteiger partial charge in [-0.05, 0) is 38.5 Å². The highest BCUT2D eigenvalue weighted by Gasteiger charge is 2.34. The van der Waals surface area contributed by atoms with Gasteiger partial charge in [-0.25, -0.2) is 9.59 Å². The van der Waals surface area contributed by atoms with E-state index in [0.717, 1.165) is 17.0 Å². The van der Waals surface area contributed by atoms with Crippen LogP contribution in [0.1, 0.15) is 33.3 Å².